The van der Waals surface area contributed by atoms with E-state index in [1.807, 2.05) is 7.05 Å². The van der Waals surface area contributed by atoms with Crippen molar-refractivity contribution < 1.29 is 9.59 Å². The van der Waals surface area contributed by atoms with Crippen LogP contribution in [0.4, 0.5) is 11.4 Å². The minimum Gasteiger partial charge on any atom is -0.326 e. The molecule has 0 spiro atoms. The number of benzene rings is 2. The van der Waals surface area contributed by atoms with Crippen molar-refractivity contribution in [2.24, 2.45) is 0 Å². The zero-order chi connectivity index (χ0) is 17.8. The van der Waals surface area contributed by atoms with Gasteiger partial charge in [0, 0.05) is 24.3 Å². The van der Waals surface area contributed by atoms with E-state index >= 15 is 0 Å². The first-order valence-corrected chi connectivity index (χ1v) is 8.48. The fourth-order valence-electron chi connectivity index (χ4n) is 3.37. The van der Waals surface area contributed by atoms with E-state index in [0.29, 0.717) is 18.3 Å². The molecule has 1 aliphatic rings. The molecule has 0 radical (unpaired) electrons. The molecule has 5 heteroatoms. The van der Waals surface area contributed by atoms with Crippen molar-refractivity contribution in [1.29, 1.82) is 0 Å². The van der Waals surface area contributed by atoms with Crippen LogP contribution in [0.3, 0.4) is 0 Å². The Morgan fingerprint density at radius 3 is 2.36 bits per heavy atom. The molecule has 0 heterocycles. The summed E-state index contributed by atoms with van der Waals surface area (Å²) in [6.07, 6.45) is 2.12. The molecule has 2 amide bonds. The molecular weight excluding hydrogens is 314 g/mol. The monoisotopic (exact) mass is 337 g/mol. The zero-order valence-electron chi connectivity index (χ0n) is 14.6. The standard InChI is InChI=1S/C20H23N3O2/c1-14(24)21-16-8-10-17(11-9-16)22-20(25)13-23(2)19-12-7-15-5-3-4-6-18(15)19/h3-6,8-11,19H,7,12-13H2,1-2H3,(H,21,24)(H,22,25)/t19-/m0/s1. The van der Waals surface area contributed by atoms with Gasteiger partial charge < -0.3 is 10.6 Å². The number of anilines is 2. The molecule has 130 valence electrons. The number of hydrogen-bond acceptors (Lipinski definition) is 3. The van der Waals surface area contributed by atoms with Gasteiger partial charge in [-0.05, 0) is 55.3 Å². The lowest BCUT2D eigenvalue weighted by Crippen LogP contribution is -2.32. The van der Waals surface area contributed by atoms with E-state index in [4.69, 9.17) is 0 Å². The topological polar surface area (TPSA) is 61.4 Å². The first-order chi connectivity index (χ1) is 12.0. The lowest BCUT2D eigenvalue weighted by atomic mass is 10.1. The Kier molecular flexibility index (Phi) is 5.14. The van der Waals surface area contributed by atoms with Crippen LogP contribution < -0.4 is 10.6 Å². The summed E-state index contributed by atoms with van der Waals surface area (Å²) in [5.41, 5.74) is 4.15. The summed E-state index contributed by atoms with van der Waals surface area (Å²) < 4.78 is 0. The van der Waals surface area contributed by atoms with Crippen LogP contribution in [0.5, 0.6) is 0 Å². The molecule has 0 aromatic heterocycles. The molecule has 1 aliphatic carbocycles. The van der Waals surface area contributed by atoms with Gasteiger partial charge in [-0.2, -0.15) is 0 Å². The summed E-state index contributed by atoms with van der Waals surface area (Å²) in [6, 6.07) is 15.9. The molecule has 25 heavy (non-hydrogen) atoms. The van der Waals surface area contributed by atoms with Crippen molar-refractivity contribution in [3.63, 3.8) is 0 Å². The van der Waals surface area contributed by atoms with E-state index in [9.17, 15) is 9.59 Å². The highest BCUT2D eigenvalue weighted by atomic mass is 16.2. The molecule has 1 atom stereocenters. The number of aryl methyl sites for hydroxylation is 1. The summed E-state index contributed by atoms with van der Waals surface area (Å²) in [4.78, 5) is 25.5. The Morgan fingerprint density at radius 2 is 1.68 bits per heavy atom. The number of carbonyl (C=O) groups excluding carboxylic acids is 2. The highest BCUT2D eigenvalue weighted by molar-refractivity contribution is 5.93. The number of nitrogens with one attached hydrogen (secondary N) is 2. The van der Waals surface area contributed by atoms with Crippen LogP contribution in [0.15, 0.2) is 48.5 Å². The third kappa shape index (κ3) is 4.25. The minimum atomic E-state index is -0.116. The van der Waals surface area contributed by atoms with Crippen LogP contribution in [-0.4, -0.2) is 30.3 Å². The number of likely N-dealkylation sites (N-methyl/N-ethyl adjacent to an activating group) is 1. The largest absolute Gasteiger partial charge is 0.326 e. The predicted molar refractivity (Wildman–Crippen MR) is 99.5 cm³/mol. The van der Waals surface area contributed by atoms with Crippen LogP contribution in [0.25, 0.3) is 0 Å². The van der Waals surface area contributed by atoms with Crippen molar-refractivity contribution in [1.82, 2.24) is 4.90 Å². The minimum absolute atomic E-state index is 0.0424. The highest BCUT2D eigenvalue weighted by Crippen LogP contribution is 2.34. The molecule has 2 N–H and O–H groups in total. The maximum absolute atomic E-state index is 12.3. The average molecular weight is 337 g/mol. The van der Waals surface area contributed by atoms with Crippen LogP contribution >= 0.6 is 0 Å². The van der Waals surface area contributed by atoms with Crippen LogP contribution in [0.2, 0.25) is 0 Å². The second-order valence-corrected chi connectivity index (χ2v) is 6.48. The molecular formula is C20H23N3O2. The van der Waals surface area contributed by atoms with E-state index < -0.39 is 0 Å². The summed E-state index contributed by atoms with van der Waals surface area (Å²) in [6.45, 7) is 1.80. The van der Waals surface area contributed by atoms with E-state index in [-0.39, 0.29) is 11.8 Å². The van der Waals surface area contributed by atoms with Crippen molar-refractivity contribution in [3.05, 3.63) is 59.7 Å². The Balaban J connectivity index is 1.56. The zero-order valence-corrected chi connectivity index (χ0v) is 14.6. The Bertz CT molecular complexity index is 771. The lowest BCUT2D eigenvalue weighted by molar-refractivity contribution is -0.117. The maximum Gasteiger partial charge on any atom is 0.238 e. The van der Waals surface area contributed by atoms with Gasteiger partial charge in [0.05, 0.1) is 6.54 Å². The third-order valence-corrected chi connectivity index (χ3v) is 4.52. The van der Waals surface area contributed by atoms with Gasteiger partial charge in [-0.3, -0.25) is 14.5 Å². The summed E-state index contributed by atoms with van der Waals surface area (Å²) in [7, 11) is 1.99. The molecule has 0 unspecified atom stereocenters. The smallest absolute Gasteiger partial charge is 0.238 e. The molecule has 0 fully saturated rings. The fourth-order valence-corrected chi connectivity index (χ4v) is 3.37. The van der Waals surface area contributed by atoms with Gasteiger partial charge in [-0.25, -0.2) is 0 Å². The summed E-state index contributed by atoms with van der Waals surface area (Å²) in [5, 5.41) is 5.61. The molecule has 0 saturated heterocycles. The van der Waals surface area contributed by atoms with E-state index in [0.717, 1.165) is 18.5 Å². The number of rotatable bonds is 5. The highest BCUT2D eigenvalue weighted by Gasteiger charge is 2.26. The second-order valence-electron chi connectivity index (χ2n) is 6.48. The first-order valence-electron chi connectivity index (χ1n) is 8.48. The first kappa shape index (κ1) is 17.2. The molecule has 0 aliphatic heterocycles. The van der Waals surface area contributed by atoms with E-state index in [2.05, 4.69) is 39.8 Å². The Hall–Kier alpha value is -2.66. The van der Waals surface area contributed by atoms with Gasteiger partial charge in [-0.1, -0.05) is 24.3 Å². The third-order valence-electron chi connectivity index (χ3n) is 4.52. The second kappa shape index (κ2) is 7.49. The number of nitrogens with zero attached hydrogens (tertiary/aromatic N) is 1. The normalized spacial score (nSPS) is 15.7. The molecule has 5 nitrogen and oxygen atoms in total. The van der Waals surface area contributed by atoms with Crippen LogP contribution in [-0.2, 0) is 16.0 Å². The van der Waals surface area contributed by atoms with Crippen molar-refractivity contribution in [3.8, 4) is 0 Å². The molecule has 0 saturated carbocycles. The molecule has 2 aromatic carbocycles. The molecule has 2 aromatic rings. The van der Waals surface area contributed by atoms with Gasteiger partial charge in [0.1, 0.15) is 0 Å². The molecule has 0 bridgehead atoms. The van der Waals surface area contributed by atoms with Crippen molar-refractivity contribution in [2.75, 3.05) is 24.2 Å². The number of fused-ring (bicyclic) bond motifs is 1. The van der Waals surface area contributed by atoms with Gasteiger partial charge in [0.2, 0.25) is 11.8 Å². The van der Waals surface area contributed by atoms with Crippen molar-refractivity contribution >= 4 is 23.2 Å². The van der Waals surface area contributed by atoms with Crippen LogP contribution in [0.1, 0.15) is 30.5 Å². The number of carbonyl (C=O) groups is 2. The fraction of sp³-hybridized carbons (Fsp3) is 0.300. The van der Waals surface area contributed by atoms with Gasteiger partial charge in [-0.15, -0.1) is 0 Å². The van der Waals surface area contributed by atoms with Crippen molar-refractivity contribution in [2.45, 2.75) is 25.8 Å². The SMILES string of the molecule is CC(=O)Nc1ccc(NC(=O)CN(C)[C@H]2CCc3ccccc32)cc1. The molecule has 3 rings (SSSR count). The van der Waals surface area contributed by atoms with Gasteiger partial charge in [0.15, 0.2) is 0 Å². The Morgan fingerprint density at radius 1 is 1.04 bits per heavy atom. The maximum atomic E-state index is 12.3. The van der Waals surface area contributed by atoms with E-state index in [1.165, 1.54) is 18.1 Å². The lowest BCUT2D eigenvalue weighted by Gasteiger charge is -2.24. The quantitative estimate of drug-likeness (QED) is 0.881. The number of amides is 2. The van der Waals surface area contributed by atoms with Crippen LogP contribution in [0, 0.1) is 0 Å². The summed E-state index contributed by atoms with van der Waals surface area (Å²) in [5.74, 6) is -0.158. The predicted octanol–water partition coefficient (Wildman–Crippen LogP) is 3.20. The van der Waals surface area contributed by atoms with Gasteiger partial charge in [0.25, 0.3) is 0 Å². The average Bonchev–Trinajstić information content (AvgIpc) is 3.00. The van der Waals surface area contributed by atoms with Gasteiger partial charge >= 0.3 is 0 Å². The van der Waals surface area contributed by atoms with E-state index in [1.54, 1.807) is 24.3 Å². The number of hydrogen-bond donors (Lipinski definition) is 2. The Labute approximate surface area is 148 Å². The summed E-state index contributed by atoms with van der Waals surface area (Å²) >= 11 is 0.